The van der Waals surface area contributed by atoms with Gasteiger partial charge < -0.3 is 24.0 Å². The first-order valence-electron chi connectivity index (χ1n) is 16.3. The summed E-state index contributed by atoms with van der Waals surface area (Å²) in [6, 6.07) is 16.4. The van der Waals surface area contributed by atoms with Crippen molar-refractivity contribution in [2.45, 2.75) is 38.2 Å². The van der Waals surface area contributed by atoms with Gasteiger partial charge in [0.15, 0.2) is 0 Å². The SMILES string of the molecule is C=C/C=N\N(C)CC1(c2cnccn2)OCC(COc2ccc(N3CCN(c4ccc(-n5cnn(C(C)CC)c5=O)cc4)CC3)cc2)O1. The lowest BCUT2D eigenvalue weighted by Gasteiger charge is -2.37. The van der Waals surface area contributed by atoms with Gasteiger partial charge in [0.1, 0.15) is 30.5 Å². The fourth-order valence-electron chi connectivity index (χ4n) is 5.90. The van der Waals surface area contributed by atoms with Gasteiger partial charge in [-0.3, -0.25) is 15.0 Å². The van der Waals surface area contributed by atoms with Gasteiger partial charge in [-0.05, 0) is 68.0 Å². The van der Waals surface area contributed by atoms with Gasteiger partial charge in [-0.2, -0.15) is 10.2 Å². The molecule has 252 valence electrons. The second kappa shape index (κ2) is 14.8. The Hall–Kier alpha value is -5.01. The second-order valence-corrected chi connectivity index (χ2v) is 12.0. The number of hydrogen-bond acceptors (Lipinski definition) is 11. The number of rotatable bonds is 13. The highest BCUT2D eigenvalue weighted by atomic mass is 16.8. The maximum atomic E-state index is 12.8. The van der Waals surface area contributed by atoms with Crippen molar-refractivity contribution >= 4 is 17.6 Å². The Balaban J connectivity index is 1.00. The molecule has 0 radical (unpaired) electrons. The molecule has 13 heteroatoms. The maximum Gasteiger partial charge on any atom is 0.350 e. The summed E-state index contributed by atoms with van der Waals surface area (Å²) in [5, 5.41) is 10.3. The number of benzene rings is 2. The average Bonchev–Trinajstić information content (AvgIpc) is 3.74. The van der Waals surface area contributed by atoms with Gasteiger partial charge in [0, 0.05) is 63.2 Å². The lowest BCUT2D eigenvalue weighted by atomic mass is 10.2. The number of nitrogens with zero attached hydrogens (tertiary/aromatic N) is 9. The molecule has 2 aromatic heterocycles. The van der Waals surface area contributed by atoms with Crippen LogP contribution in [0.25, 0.3) is 5.69 Å². The smallest absolute Gasteiger partial charge is 0.350 e. The quantitative estimate of drug-likeness (QED) is 0.156. The molecule has 0 spiro atoms. The van der Waals surface area contributed by atoms with Crippen LogP contribution in [-0.2, 0) is 15.3 Å². The van der Waals surface area contributed by atoms with Crippen LogP contribution in [0.4, 0.5) is 11.4 Å². The molecule has 3 unspecified atom stereocenters. The topological polar surface area (TPSA) is 115 Å². The van der Waals surface area contributed by atoms with E-state index in [4.69, 9.17) is 14.2 Å². The van der Waals surface area contributed by atoms with Crippen LogP contribution in [0.5, 0.6) is 5.75 Å². The molecule has 0 amide bonds. The lowest BCUT2D eigenvalue weighted by Crippen LogP contribution is -2.46. The number of aromatic nitrogens is 5. The predicted octanol–water partition coefficient (Wildman–Crippen LogP) is 3.87. The van der Waals surface area contributed by atoms with E-state index in [2.05, 4.69) is 60.8 Å². The minimum atomic E-state index is -1.11. The van der Waals surface area contributed by atoms with Gasteiger partial charge in [-0.1, -0.05) is 13.5 Å². The number of piperazine rings is 1. The monoisotopic (exact) mass is 653 g/mol. The van der Waals surface area contributed by atoms with Crippen LogP contribution in [0.3, 0.4) is 0 Å². The van der Waals surface area contributed by atoms with E-state index in [1.165, 1.54) is 0 Å². The minimum Gasteiger partial charge on any atom is -0.491 e. The number of hydrogen-bond donors (Lipinski definition) is 0. The number of ether oxygens (including phenoxy) is 3. The predicted molar refractivity (Wildman–Crippen MR) is 185 cm³/mol. The lowest BCUT2D eigenvalue weighted by molar-refractivity contribution is -0.192. The summed E-state index contributed by atoms with van der Waals surface area (Å²) >= 11 is 0. The van der Waals surface area contributed by atoms with Crippen LogP contribution < -0.4 is 20.2 Å². The summed E-state index contributed by atoms with van der Waals surface area (Å²) in [7, 11) is 1.84. The molecule has 2 fully saturated rings. The molecule has 13 nitrogen and oxygen atoms in total. The summed E-state index contributed by atoms with van der Waals surface area (Å²) in [5.74, 6) is -0.347. The maximum absolute atomic E-state index is 12.8. The van der Waals surface area contributed by atoms with Gasteiger partial charge in [0.2, 0.25) is 5.79 Å². The van der Waals surface area contributed by atoms with Crippen molar-refractivity contribution in [3.8, 4) is 11.4 Å². The second-order valence-electron chi connectivity index (χ2n) is 12.0. The first-order chi connectivity index (χ1) is 23.4. The van der Waals surface area contributed by atoms with Crippen LogP contribution in [0.15, 0.2) is 96.0 Å². The number of hydrazone groups is 1. The van der Waals surface area contributed by atoms with Gasteiger partial charge in [-0.15, -0.1) is 0 Å². The Morgan fingerprint density at radius 1 is 1.06 bits per heavy atom. The molecule has 2 saturated heterocycles. The largest absolute Gasteiger partial charge is 0.491 e. The highest BCUT2D eigenvalue weighted by Crippen LogP contribution is 2.34. The Morgan fingerprint density at radius 3 is 2.35 bits per heavy atom. The molecular formula is C35H43N9O4. The molecule has 2 aliphatic heterocycles. The molecule has 0 bridgehead atoms. The van der Waals surface area contributed by atoms with Gasteiger partial charge in [-0.25, -0.2) is 14.0 Å². The normalized spacial score (nSPS) is 20.3. The van der Waals surface area contributed by atoms with E-state index in [0.29, 0.717) is 25.5 Å². The van der Waals surface area contributed by atoms with Crippen LogP contribution in [0.1, 0.15) is 32.0 Å². The van der Waals surface area contributed by atoms with E-state index in [-0.39, 0.29) is 17.8 Å². The Bertz CT molecular complexity index is 1720. The summed E-state index contributed by atoms with van der Waals surface area (Å²) < 4.78 is 21.9. The molecule has 0 N–H and O–H groups in total. The zero-order valence-corrected chi connectivity index (χ0v) is 27.8. The summed E-state index contributed by atoms with van der Waals surface area (Å²) in [5.41, 5.74) is 3.58. The molecule has 48 heavy (non-hydrogen) atoms. The minimum absolute atomic E-state index is 0.0680. The first kappa shape index (κ1) is 32.9. The van der Waals surface area contributed by atoms with Gasteiger partial charge in [0.25, 0.3) is 0 Å². The number of likely N-dealkylation sites (N-methyl/N-ethyl adjacent to an activating group) is 1. The third kappa shape index (κ3) is 7.26. The van der Waals surface area contributed by atoms with E-state index in [1.54, 1.807) is 51.5 Å². The fourth-order valence-corrected chi connectivity index (χ4v) is 5.90. The van der Waals surface area contributed by atoms with Crippen molar-refractivity contribution in [2.75, 3.05) is 62.8 Å². The van der Waals surface area contributed by atoms with E-state index >= 15 is 0 Å². The molecule has 4 heterocycles. The van der Waals surface area contributed by atoms with Crippen LogP contribution >= 0.6 is 0 Å². The fraction of sp³-hybridized carbons (Fsp3) is 0.400. The van der Waals surface area contributed by atoms with Gasteiger partial charge >= 0.3 is 5.69 Å². The first-order valence-corrected chi connectivity index (χ1v) is 16.3. The Kier molecular flexibility index (Phi) is 10.2. The van der Waals surface area contributed by atoms with Gasteiger partial charge in [0.05, 0.1) is 31.1 Å². The standard InChI is InChI=1S/C35H43N9O4/c1-5-15-38-40(4)25-35(33-22-36-16-17-37-33)47-24-32(48-35)23-46-31-13-11-29(12-14-31)42-20-18-41(19-21-42)28-7-9-30(10-8-28)43-26-39-44(34(43)45)27(3)6-2/h5,7-17,22,26-27,32H,1,6,18-21,23-25H2,2-4H3/b38-15-. The highest BCUT2D eigenvalue weighted by molar-refractivity contribution is 5.69. The molecular weight excluding hydrogens is 610 g/mol. The Labute approximate surface area is 280 Å². The van der Waals surface area contributed by atoms with E-state index < -0.39 is 5.79 Å². The van der Waals surface area contributed by atoms with Crippen molar-refractivity contribution in [3.05, 3.63) is 102 Å². The van der Waals surface area contributed by atoms with Crippen LogP contribution in [0.2, 0.25) is 0 Å². The van der Waals surface area contributed by atoms with Crippen molar-refractivity contribution < 1.29 is 14.2 Å². The van der Waals surface area contributed by atoms with Crippen molar-refractivity contribution in [1.82, 2.24) is 29.3 Å². The zero-order valence-electron chi connectivity index (χ0n) is 27.8. The zero-order chi connectivity index (χ0) is 33.5. The third-order valence-corrected chi connectivity index (χ3v) is 8.73. The van der Waals surface area contributed by atoms with E-state index in [1.807, 2.05) is 45.2 Å². The van der Waals surface area contributed by atoms with Crippen LogP contribution in [-0.4, -0.2) is 94.6 Å². The summed E-state index contributed by atoms with van der Waals surface area (Å²) in [6.07, 6.45) is 10.3. The summed E-state index contributed by atoms with van der Waals surface area (Å²) in [4.78, 5) is 26.2. The molecule has 6 rings (SSSR count). The summed E-state index contributed by atoms with van der Waals surface area (Å²) in [6.45, 7) is 12.3. The van der Waals surface area contributed by atoms with E-state index in [9.17, 15) is 4.79 Å². The van der Waals surface area contributed by atoms with E-state index in [0.717, 1.165) is 55.4 Å². The van der Waals surface area contributed by atoms with Crippen LogP contribution in [0, 0.1) is 0 Å². The molecule has 2 aliphatic rings. The molecule has 4 aromatic rings. The molecule has 3 atom stereocenters. The molecule has 0 aliphatic carbocycles. The Morgan fingerprint density at radius 2 is 1.73 bits per heavy atom. The number of anilines is 2. The number of allylic oxidation sites excluding steroid dienone is 1. The molecule has 2 aromatic carbocycles. The average molecular weight is 654 g/mol. The third-order valence-electron chi connectivity index (χ3n) is 8.73. The van der Waals surface area contributed by atoms with Crippen molar-refractivity contribution in [2.24, 2.45) is 5.10 Å². The van der Waals surface area contributed by atoms with Crippen molar-refractivity contribution in [1.29, 1.82) is 0 Å². The highest BCUT2D eigenvalue weighted by Gasteiger charge is 2.46. The van der Waals surface area contributed by atoms with Crippen molar-refractivity contribution in [3.63, 3.8) is 0 Å². The molecule has 0 saturated carbocycles.